The third kappa shape index (κ3) is 2.85. The van der Waals surface area contributed by atoms with Crippen LogP contribution in [-0.4, -0.2) is 9.55 Å². The van der Waals surface area contributed by atoms with Crippen molar-refractivity contribution in [3.63, 3.8) is 0 Å². The van der Waals surface area contributed by atoms with E-state index in [0.29, 0.717) is 0 Å². The van der Waals surface area contributed by atoms with Crippen molar-refractivity contribution in [3.05, 3.63) is 63.9 Å². The van der Waals surface area contributed by atoms with E-state index in [-0.39, 0.29) is 5.38 Å². The summed E-state index contributed by atoms with van der Waals surface area (Å²) < 4.78 is 3.31. The Kier molecular flexibility index (Phi) is 4.05. The standard InChI is InChI=1S/C17H16BrClN2/c1-11-7-8-15-16(9-11)21(17(20-15)12(2)19)10-13-5-3-4-6-14(13)18/h3-9,12H,10H2,1-2H3. The monoisotopic (exact) mass is 362 g/mol. The molecule has 1 unspecified atom stereocenters. The molecule has 0 spiro atoms. The highest BCUT2D eigenvalue weighted by Gasteiger charge is 2.16. The summed E-state index contributed by atoms with van der Waals surface area (Å²) in [7, 11) is 0. The van der Waals surface area contributed by atoms with Gasteiger partial charge in [0.2, 0.25) is 0 Å². The minimum Gasteiger partial charge on any atom is -0.322 e. The molecule has 21 heavy (non-hydrogen) atoms. The van der Waals surface area contributed by atoms with E-state index in [1.54, 1.807) is 0 Å². The van der Waals surface area contributed by atoms with Crippen LogP contribution in [0.3, 0.4) is 0 Å². The second-order valence-electron chi connectivity index (χ2n) is 5.26. The molecule has 3 rings (SSSR count). The maximum absolute atomic E-state index is 6.33. The lowest BCUT2D eigenvalue weighted by molar-refractivity contribution is 0.740. The first-order chi connectivity index (χ1) is 10.1. The van der Waals surface area contributed by atoms with Crippen molar-refractivity contribution in [2.45, 2.75) is 25.8 Å². The fourth-order valence-corrected chi connectivity index (χ4v) is 3.09. The van der Waals surface area contributed by atoms with Gasteiger partial charge >= 0.3 is 0 Å². The zero-order valence-electron chi connectivity index (χ0n) is 12.0. The first-order valence-corrected chi connectivity index (χ1v) is 8.13. The molecule has 1 aromatic heterocycles. The minimum absolute atomic E-state index is 0.125. The van der Waals surface area contributed by atoms with E-state index >= 15 is 0 Å². The van der Waals surface area contributed by atoms with Gasteiger partial charge in [0.1, 0.15) is 5.82 Å². The van der Waals surface area contributed by atoms with Crippen LogP contribution in [0.25, 0.3) is 11.0 Å². The molecule has 1 heterocycles. The summed E-state index contributed by atoms with van der Waals surface area (Å²) in [6, 6.07) is 14.6. The van der Waals surface area contributed by atoms with Gasteiger partial charge in [-0.05, 0) is 43.2 Å². The number of aromatic nitrogens is 2. The predicted octanol–water partition coefficient (Wildman–Crippen LogP) is 5.46. The van der Waals surface area contributed by atoms with Gasteiger partial charge in [-0.25, -0.2) is 4.98 Å². The number of hydrogen-bond donors (Lipinski definition) is 0. The largest absolute Gasteiger partial charge is 0.322 e. The first-order valence-electron chi connectivity index (χ1n) is 6.90. The maximum Gasteiger partial charge on any atom is 0.128 e. The van der Waals surface area contributed by atoms with Gasteiger partial charge in [-0.2, -0.15) is 0 Å². The molecule has 0 N–H and O–H groups in total. The zero-order valence-corrected chi connectivity index (χ0v) is 14.3. The van der Waals surface area contributed by atoms with Crippen LogP contribution in [0.4, 0.5) is 0 Å². The highest BCUT2D eigenvalue weighted by Crippen LogP contribution is 2.27. The van der Waals surface area contributed by atoms with Crippen LogP contribution in [-0.2, 0) is 6.54 Å². The van der Waals surface area contributed by atoms with Gasteiger partial charge in [0.05, 0.1) is 23.0 Å². The van der Waals surface area contributed by atoms with E-state index in [1.807, 2.05) is 19.1 Å². The van der Waals surface area contributed by atoms with E-state index in [0.717, 1.165) is 27.9 Å². The van der Waals surface area contributed by atoms with Crippen molar-refractivity contribution < 1.29 is 0 Å². The number of rotatable bonds is 3. The number of benzene rings is 2. The number of aryl methyl sites for hydroxylation is 1. The molecule has 0 aliphatic rings. The van der Waals surface area contributed by atoms with Crippen LogP contribution in [0.5, 0.6) is 0 Å². The Morgan fingerprint density at radius 1 is 1.24 bits per heavy atom. The van der Waals surface area contributed by atoms with Gasteiger partial charge in [-0.1, -0.05) is 40.2 Å². The van der Waals surface area contributed by atoms with E-state index < -0.39 is 0 Å². The molecule has 2 nitrogen and oxygen atoms in total. The summed E-state index contributed by atoms with van der Waals surface area (Å²) in [5.41, 5.74) is 4.57. The van der Waals surface area contributed by atoms with Crippen molar-refractivity contribution in [1.82, 2.24) is 9.55 Å². The Hall–Kier alpha value is -1.32. The lowest BCUT2D eigenvalue weighted by Gasteiger charge is -2.12. The van der Waals surface area contributed by atoms with Crippen molar-refractivity contribution in [2.75, 3.05) is 0 Å². The summed E-state index contributed by atoms with van der Waals surface area (Å²) in [5, 5.41) is -0.125. The molecule has 0 amide bonds. The average Bonchev–Trinajstić information content (AvgIpc) is 2.80. The Balaban J connectivity index is 2.17. The zero-order chi connectivity index (χ0) is 15.0. The lowest BCUT2D eigenvalue weighted by Crippen LogP contribution is -2.06. The molecule has 0 bridgehead atoms. The predicted molar refractivity (Wildman–Crippen MR) is 92.0 cm³/mol. The Morgan fingerprint density at radius 3 is 2.71 bits per heavy atom. The molecular weight excluding hydrogens is 348 g/mol. The number of hydrogen-bond acceptors (Lipinski definition) is 1. The quantitative estimate of drug-likeness (QED) is 0.565. The third-order valence-electron chi connectivity index (χ3n) is 3.58. The van der Waals surface area contributed by atoms with Gasteiger partial charge in [-0.3, -0.25) is 0 Å². The number of fused-ring (bicyclic) bond motifs is 1. The van der Waals surface area contributed by atoms with Crippen LogP contribution in [0.2, 0.25) is 0 Å². The third-order valence-corrected chi connectivity index (χ3v) is 4.54. The molecule has 0 aliphatic carbocycles. The summed E-state index contributed by atoms with van der Waals surface area (Å²) in [4.78, 5) is 4.69. The molecule has 108 valence electrons. The van der Waals surface area contributed by atoms with Gasteiger partial charge in [0.15, 0.2) is 0 Å². The Labute approximate surface area is 137 Å². The minimum atomic E-state index is -0.125. The molecular formula is C17H16BrClN2. The molecule has 0 fully saturated rings. The van der Waals surface area contributed by atoms with E-state index in [4.69, 9.17) is 16.6 Å². The van der Waals surface area contributed by atoms with Gasteiger partial charge in [0.25, 0.3) is 0 Å². The molecule has 0 saturated heterocycles. The normalized spacial score (nSPS) is 12.8. The second-order valence-corrected chi connectivity index (χ2v) is 6.76. The van der Waals surface area contributed by atoms with Crippen LogP contribution in [0.15, 0.2) is 46.9 Å². The average molecular weight is 364 g/mol. The summed E-state index contributed by atoms with van der Waals surface area (Å²) in [5.74, 6) is 0.910. The highest BCUT2D eigenvalue weighted by atomic mass is 79.9. The lowest BCUT2D eigenvalue weighted by atomic mass is 10.2. The fraction of sp³-hybridized carbons (Fsp3) is 0.235. The van der Waals surface area contributed by atoms with Crippen LogP contribution in [0, 0.1) is 6.92 Å². The van der Waals surface area contributed by atoms with Gasteiger partial charge in [-0.15, -0.1) is 11.6 Å². The van der Waals surface area contributed by atoms with Gasteiger partial charge < -0.3 is 4.57 Å². The smallest absolute Gasteiger partial charge is 0.128 e. The number of halogens is 2. The van der Waals surface area contributed by atoms with Crippen LogP contribution >= 0.6 is 27.5 Å². The van der Waals surface area contributed by atoms with E-state index in [1.165, 1.54) is 11.1 Å². The van der Waals surface area contributed by atoms with Crippen LogP contribution < -0.4 is 0 Å². The van der Waals surface area contributed by atoms with Crippen molar-refractivity contribution in [3.8, 4) is 0 Å². The van der Waals surface area contributed by atoms with Crippen LogP contribution in [0.1, 0.15) is 29.3 Å². The molecule has 0 radical (unpaired) electrons. The Morgan fingerprint density at radius 2 is 2.00 bits per heavy atom. The molecule has 4 heteroatoms. The van der Waals surface area contributed by atoms with Crippen molar-refractivity contribution in [1.29, 1.82) is 0 Å². The summed E-state index contributed by atoms with van der Waals surface area (Å²) in [6.07, 6.45) is 0. The molecule has 0 saturated carbocycles. The van der Waals surface area contributed by atoms with Gasteiger partial charge in [0, 0.05) is 4.47 Å². The molecule has 0 aliphatic heterocycles. The van der Waals surface area contributed by atoms with E-state index in [9.17, 15) is 0 Å². The molecule has 1 atom stereocenters. The second kappa shape index (κ2) is 5.82. The fourth-order valence-electron chi connectivity index (χ4n) is 2.52. The number of imidazole rings is 1. The number of alkyl halides is 1. The Bertz CT molecular complexity index is 793. The topological polar surface area (TPSA) is 17.8 Å². The SMILES string of the molecule is Cc1ccc2nc(C(C)Cl)n(Cc3ccccc3Br)c2c1. The van der Waals surface area contributed by atoms with Crippen molar-refractivity contribution in [2.24, 2.45) is 0 Å². The summed E-state index contributed by atoms with van der Waals surface area (Å²) >= 11 is 9.95. The first kappa shape index (κ1) is 14.6. The molecule has 3 aromatic rings. The number of nitrogens with zero attached hydrogens (tertiary/aromatic N) is 2. The van der Waals surface area contributed by atoms with Crippen molar-refractivity contribution >= 4 is 38.6 Å². The molecule has 2 aromatic carbocycles. The highest BCUT2D eigenvalue weighted by molar-refractivity contribution is 9.10. The maximum atomic E-state index is 6.33. The van der Waals surface area contributed by atoms with E-state index in [2.05, 4.69) is 57.8 Å². The summed E-state index contributed by atoms with van der Waals surface area (Å²) in [6.45, 7) is 4.82.